The van der Waals surface area contributed by atoms with E-state index in [0.29, 0.717) is 18.5 Å². The summed E-state index contributed by atoms with van der Waals surface area (Å²) < 4.78 is 0. The van der Waals surface area contributed by atoms with Gasteiger partial charge in [-0.05, 0) is 18.6 Å². The minimum Gasteiger partial charge on any atom is -0.389 e. The van der Waals surface area contributed by atoms with Crippen LogP contribution in [0.4, 0.5) is 5.69 Å². The van der Waals surface area contributed by atoms with Gasteiger partial charge in [0.15, 0.2) is 0 Å². The molecule has 2 N–H and O–H groups in total. The number of aliphatic hydroxyl groups is 1. The van der Waals surface area contributed by atoms with Crippen LogP contribution in [0.1, 0.15) is 16.8 Å². The minimum atomic E-state index is -0.456. The van der Waals surface area contributed by atoms with Gasteiger partial charge < -0.3 is 15.3 Å². The fourth-order valence-electron chi connectivity index (χ4n) is 2.29. The number of hydrogen-bond acceptors (Lipinski definition) is 3. The van der Waals surface area contributed by atoms with E-state index >= 15 is 0 Å². The molecule has 1 unspecified atom stereocenters. The van der Waals surface area contributed by atoms with E-state index in [2.05, 4.69) is 5.32 Å². The Morgan fingerprint density at radius 2 is 2.20 bits per heavy atom. The van der Waals surface area contributed by atoms with Crippen LogP contribution in [0.15, 0.2) is 24.3 Å². The number of benzene rings is 1. The second kappa shape index (κ2) is 2.97. The average molecular weight is 204 g/mol. The van der Waals surface area contributed by atoms with E-state index < -0.39 is 6.10 Å². The summed E-state index contributed by atoms with van der Waals surface area (Å²) in [6.45, 7) is 0.631. The van der Waals surface area contributed by atoms with Crippen molar-refractivity contribution in [3.63, 3.8) is 0 Å². The number of fused-ring (bicyclic) bond motifs is 2. The lowest BCUT2D eigenvalue weighted by Crippen LogP contribution is -2.48. The highest BCUT2D eigenvalue weighted by Gasteiger charge is 2.40. The third-order valence-corrected chi connectivity index (χ3v) is 3.09. The highest BCUT2D eigenvalue weighted by atomic mass is 16.3. The van der Waals surface area contributed by atoms with E-state index in [9.17, 15) is 9.90 Å². The Labute approximate surface area is 87.5 Å². The summed E-state index contributed by atoms with van der Waals surface area (Å²) in [5.74, 6) is 0.0194. The average Bonchev–Trinajstić information content (AvgIpc) is 2.62. The van der Waals surface area contributed by atoms with E-state index in [4.69, 9.17) is 0 Å². The Balaban J connectivity index is 2.06. The molecule has 4 heteroatoms. The van der Waals surface area contributed by atoms with Crippen LogP contribution in [0.3, 0.4) is 0 Å². The van der Waals surface area contributed by atoms with Crippen molar-refractivity contribution in [2.24, 2.45) is 0 Å². The van der Waals surface area contributed by atoms with Gasteiger partial charge in [-0.25, -0.2) is 0 Å². The van der Waals surface area contributed by atoms with Gasteiger partial charge in [0.2, 0.25) is 0 Å². The lowest BCUT2D eigenvalue weighted by molar-refractivity contribution is 0.0661. The molecule has 1 fully saturated rings. The third kappa shape index (κ3) is 1.15. The van der Waals surface area contributed by atoms with Crippen LogP contribution in [0.25, 0.3) is 0 Å². The van der Waals surface area contributed by atoms with Crippen LogP contribution >= 0.6 is 0 Å². The molecule has 0 aliphatic carbocycles. The molecule has 0 spiro atoms. The molecule has 2 aliphatic heterocycles. The van der Waals surface area contributed by atoms with E-state index in [0.717, 1.165) is 5.69 Å². The topological polar surface area (TPSA) is 52.6 Å². The highest BCUT2D eigenvalue weighted by Crippen LogP contribution is 2.30. The van der Waals surface area contributed by atoms with Crippen molar-refractivity contribution in [3.05, 3.63) is 29.8 Å². The van der Waals surface area contributed by atoms with Crippen molar-refractivity contribution in [1.82, 2.24) is 4.90 Å². The molecule has 2 aliphatic rings. The predicted octanol–water partition coefficient (Wildman–Crippen LogP) is 0.645. The van der Waals surface area contributed by atoms with Crippen LogP contribution in [0.2, 0.25) is 0 Å². The Hall–Kier alpha value is -1.55. The monoisotopic (exact) mass is 204 g/mol. The summed E-state index contributed by atoms with van der Waals surface area (Å²) >= 11 is 0. The summed E-state index contributed by atoms with van der Waals surface area (Å²) in [5, 5.41) is 12.9. The maximum absolute atomic E-state index is 12.0. The molecule has 0 aromatic heterocycles. The van der Waals surface area contributed by atoms with E-state index in [1.165, 1.54) is 0 Å². The van der Waals surface area contributed by atoms with Crippen LogP contribution in [0.5, 0.6) is 0 Å². The molecular weight excluding hydrogens is 192 g/mol. The van der Waals surface area contributed by atoms with Gasteiger partial charge in [0.05, 0.1) is 11.7 Å². The number of nitrogens with zero attached hydrogens (tertiary/aromatic N) is 1. The van der Waals surface area contributed by atoms with Gasteiger partial charge in [0, 0.05) is 12.2 Å². The molecule has 0 radical (unpaired) electrons. The quantitative estimate of drug-likeness (QED) is 0.652. The molecule has 1 amide bonds. The number of aliphatic hydroxyl groups excluding tert-OH is 1. The zero-order chi connectivity index (χ0) is 10.4. The van der Waals surface area contributed by atoms with Crippen LogP contribution in [0, 0.1) is 0 Å². The fourth-order valence-corrected chi connectivity index (χ4v) is 2.29. The molecule has 3 rings (SSSR count). The van der Waals surface area contributed by atoms with Crippen molar-refractivity contribution in [1.29, 1.82) is 0 Å². The number of anilines is 1. The smallest absolute Gasteiger partial charge is 0.257 e. The number of amides is 1. The maximum Gasteiger partial charge on any atom is 0.257 e. The largest absolute Gasteiger partial charge is 0.389 e. The normalized spacial score (nSPS) is 28.3. The van der Waals surface area contributed by atoms with Gasteiger partial charge in [0.1, 0.15) is 6.17 Å². The molecule has 2 atom stereocenters. The Morgan fingerprint density at radius 3 is 3.07 bits per heavy atom. The Bertz CT molecular complexity index is 419. The molecule has 1 saturated heterocycles. The maximum atomic E-state index is 12.0. The second-order valence-corrected chi connectivity index (χ2v) is 3.99. The van der Waals surface area contributed by atoms with E-state index in [1.807, 2.05) is 24.3 Å². The first kappa shape index (κ1) is 8.73. The van der Waals surface area contributed by atoms with E-state index in [1.54, 1.807) is 4.90 Å². The molecule has 78 valence electrons. The van der Waals surface area contributed by atoms with Gasteiger partial charge >= 0.3 is 0 Å². The van der Waals surface area contributed by atoms with Gasteiger partial charge in [0.25, 0.3) is 5.91 Å². The number of rotatable bonds is 0. The molecule has 4 nitrogen and oxygen atoms in total. The Kier molecular flexibility index (Phi) is 1.73. The number of nitrogens with one attached hydrogen (secondary N) is 1. The molecule has 1 aromatic carbocycles. The molecular formula is C11H12N2O2. The lowest BCUT2D eigenvalue weighted by atomic mass is 10.1. The van der Waals surface area contributed by atoms with Crippen molar-refractivity contribution < 1.29 is 9.90 Å². The lowest BCUT2D eigenvalue weighted by Gasteiger charge is -2.33. The molecule has 1 aromatic rings. The van der Waals surface area contributed by atoms with Gasteiger partial charge in [-0.2, -0.15) is 0 Å². The van der Waals surface area contributed by atoms with Gasteiger partial charge in [-0.3, -0.25) is 4.79 Å². The predicted molar refractivity (Wildman–Crippen MR) is 55.5 cm³/mol. The molecule has 2 heterocycles. The van der Waals surface area contributed by atoms with Crippen LogP contribution < -0.4 is 5.32 Å². The molecule has 0 bridgehead atoms. The SMILES string of the molecule is O=C1c2ccccc2NC2[C@H](O)CCN12. The number of para-hydroxylation sites is 1. The van der Waals surface area contributed by atoms with E-state index in [-0.39, 0.29) is 12.1 Å². The van der Waals surface area contributed by atoms with Crippen molar-refractivity contribution >= 4 is 11.6 Å². The number of hydrogen-bond donors (Lipinski definition) is 2. The summed E-state index contributed by atoms with van der Waals surface area (Å²) in [7, 11) is 0. The molecule has 15 heavy (non-hydrogen) atoms. The number of carbonyl (C=O) groups is 1. The number of carbonyl (C=O) groups excluding carboxylic acids is 1. The highest BCUT2D eigenvalue weighted by molar-refractivity contribution is 6.01. The first-order valence-corrected chi connectivity index (χ1v) is 5.12. The molecule has 0 saturated carbocycles. The summed E-state index contributed by atoms with van der Waals surface area (Å²) in [6.07, 6.45) is -0.0492. The van der Waals surface area contributed by atoms with Gasteiger partial charge in [-0.15, -0.1) is 0 Å². The summed E-state index contributed by atoms with van der Waals surface area (Å²) in [6, 6.07) is 7.42. The minimum absolute atomic E-state index is 0.0194. The van der Waals surface area contributed by atoms with Crippen molar-refractivity contribution in [3.8, 4) is 0 Å². The second-order valence-electron chi connectivity index (χ2n) is 3.99. The van der Waals surface area contributed by atoms with Gasteiger partial charge in [-0.1, -0.05) is 12.1 Å². The fraction of sp³-hybridized carbons (Fsp3) is 0.364. The first-order valence-electron chi connectivity index (χ1n) is 5.12. The van der Waals surface area contributed by atoms with Crippen LogP contribution in [-0.4, -0.2) is 34.7 Å². The first-order chi connectivity index (χ1) is 7.27. The van der Waals surface area contributed by atoms with Crippen LogP contribution in [-0.2, 0) is 0 Å². The zero-order valence-corrected chi connectivity index (χ0v) is 8.18. The standard InChI is InChI=1S/C11H12N2O2/c14-9-5-6-13-10(9)12-8-4-2-1-3-7(8)11(13)15/h1-4,9-10,12,14H,5-6H2/t9-,10?/m1/s1. The summed E-state index contributed by atoms with van der Waals surface area (Å²) in [5.41, 5.74) is 1.52. The van der Waals surface area contributed by atoms with Crippen molar-refractivity contribution in [2.75, 3.05) is 11.9 Å². The summed E-state index contributed by atoms with van der Waals surface area (Å²) in [4.78, 5) is 13.7. The Morgan fingerprint density at radius 1 is 1.40 bits per heavy atom. The van der Waals surface area contributed by atoms with Crippen molar-refractivity contribution in [2.45, 2.75) is 18.7 Å². The third-order valence-electron chi connectivity index (χ3n) is 3.09. The zero-order valence-electron chi connectivity index (χ0n) is 8.18.